The molecular formula is C20H14ClFN2O3S. The maximum atomic E-state index is 13.0. The first-order valence-corrected chi connectivity index (χ1v) is 9.18. The van der Waals surface area contributed by atoms with E-state index in [0.29, 0.717) is 37.8 Å². The van der Waals surface area contributed by atoms with Crippen molar-refractivity contribution in [2.45, 2.75) is 0 Å². The van der Waals surface area contributed by atoms with Crippen LogP contribution in [-0.2, 0) is 4.79 Å². The number of amides is 1. The van der Waals surface area contributed by atoms with Crippen molar-refractivity contribution in [3.63, 3.8) is 0 Å². The quantitative estimate of drug-likeness (QED) is 0.580. The number of ether oxygens (including phenoxy) is 2. The Labute approximate surface area is 170 Å². The molecule has 1 N–H and O–H groups in total. The minimum Gasteiger partial charge on any atom is -0.493 e. The minimum absolute atomic E-state index is 0.0536. The number of aliphatic imine (C=N–C) groups is 1. The van der Waals surface area contributed by atoms with Crippen molar-refractivity contribution in [1.29, 1.82) is 0 Å². The average Bonchev–Trinajstić information content (AvgIpc) is 3.01. The Bertz CT molecular complexity index is 1010. The van der Waals surface area contributed by atoms with Crippen LogP contribution in [0.3, 0.4) is 0 Å². The summed E-state index contributed by atoms with van der Waals surface area (Å²) in [5.74, 6) is 2.45. The molecule has 5 nitrogen and oxygen atoms in total. The van der Waals surface area contributed by atoms with Gasteiger partial charge in [-0.15, -0.1) is 6.42 Å². The van der Waals surface area contributed by atoms with Gasteiger partial charge in [0, 0.05) is 0 Å². The minimum atomic E-state index is -0.354. The van der Waals surface area contributed by atoms with Crippen LogP contribution in [0, 0.1) is 18.2 Å². The molecule has 0 aromatic heterocycles. The van der Waals surface area contributed by atoms with E-state index in [1.807, 2.05) is 0 Å². The van der Waals surface area contributed by atoms with E-state index in [0.717, 1.165) is 0 Å². The molecule has 1 aliphatic rings. The number of methoxy groups -OCH3 is 1. The van der Waals surface area contributed by atoms with E-state index >= 15 is 0 Å². The molecule has 2 aromatic rings. The lowest BCUT2D eigenvalue weighted by atomic mass is 10.2. The molecule has 142 valence electrons. The standard InChI is InChI=1S/C20H14ClFN2O3S/c1-3-8-27-18-15(21)9-12(10-16(18)26-2)11-17-19(25)24-20(28-17)23-14-6-4-13(22)5-7-14/h1,4-7,9-11H,8H2,2H3,(H,23,24,25)/b17-11+. The molecule has 1 fully saturated rings. The smallest absolute Gasteiger partial charge is 0.264 e. The zero-order valence-electron chi connectivity index (χ0n) is 14.7. The fourth-order valence-electron chi connectivity index (χ4n) is 2.34. The number of carbonyl (C=O) groups excluding carboxylic acids is 1. The molecule has 0 aliphatic carbocycles. The van der Waals surface area contributed by atoms with Gasteiger partial charge in [-0.05, 0) is 59.8 Å². The number of amidine groups is 1. The molecule has 0 bridgehead atoms. The van der Waals surface area contributed by atoms with E-state index in [1.54, 1.807) is 18.2 Å². The van der Waals surface area contributed by atoms with Crippen LogP contribution < -0.4 is 14.8 Å². The second-order valence-corrected chi connectivity index (χ2v) is 6.92. The lowest BCUT2D eigenvalue weighted by Crippen LogP contribution is -2.19. The number of terminal acetylenes is 1. The van der Waals surface area contributed by atoms with Gasteiger partial charge in [-0.3, -0.25) is 4.79 Å². The number of rotatable bonds is 5. The Hall–Kier alpha value is -2.95. The number of benzene rings is 2. The summed E-state index contributed by atoms with van der Waals surface area (Å²) in [6.07, 6.45) is 6.86. The maximum absolute atomic E-state index is 13.0. The molecule has 0 spiro atoms. The van der Waals surface area contributed by atoms with Gasteiger partial charge in [0.1, 0.15) is 12.4 Å². The van der Waals surface area contributed by atoms with Gasteiger partial charge in [-0.1, -0.05) is 17.5 Å². The van der Waals surface area contributed by atoms with Crippen molar-refractivity contribution in [1.82, 2.24) is 5.32 Å². The lowest BCUT2D eigenvalue weighted by molar-refractivity contribution is -0.115. The van der Waals surface area contributed by atoms with Gasteiger partial charge in [-0.2, -0.15) is 0 Å². The van der Waals surface area contributed by atoms with E-state index < -0.39 is 0 Å². The lowest BCUT2D eigenvalue weighted by Gasteiger charge is -2.11. The van der Waals surface area contributed by atoms with Crippen LogP contribution in [0.1, 0.15) is 5.56 Å². The fraction of sp³-hybridized carbons (Fsp3) is 0.100. The molecule has 1 saturated heterocycles. The number of nitrogens with zero attached hydrogens (tertiary/aromatic N) is 1. The van der Waals surface area contributed by atoms with Gasteiger partial charge in [0.25, 0.3) is 5.91 Å². The fourth-order valence-corrected chi connectivity index (χ4v) is 3.46. The molecular weight excluding hydrogens is 403 g/mol. The Morgan fingerprint density at radius 1 is 1.36 bits per heavy atom. The normalized spacial score (nSPS) is 16.1. The Morgan fingerprint density at radius 3 is 2.79 bits per heavy atom. The van der Waals surface area contributed by atoms with Crippen molar-refractivity contribution in [2.24, 2.45) is 4.99 Å². The van der Waals surface area contributed by atoms with Crippen LogP contribution >= 0.6 is 23.4 Å². The molecule has 2 aromatic carbocycles. The molecule has 0 unspecified atom stereocenters. The van der Waals surface area contributed by atoms with Crippen molar-refractivity contribution in [2.75, 3.05) is 13.7 Å². The highest BCUT2D eigenvalue weighted by atomic mass is 35.5. The zero-order valence-corrected chi connectivity index (χ0v) is 16.2. The maximum Gasteiger partial charge on any atom is 0.264 e. The van der Waals surface area contributed by atoms with Gasteiger partial charge >= 0.3 is 0 Å². The third-order valence-electron chi connectivity index (χ3n) is 3.56. The third-order valence-corrected chi connectivity index (χ3v) is 4.75. The summed E-state index contributed by atoms with van der Waals surface area (Å²) in [5, 5.41) is 3.38. The van der Waals surface area contributed by atoms with E-state index in [1.165, 1.54) is 43.1 Å². The summed E-state index contributed by atoms with van der Waals surface area (Å²) in [6.45, 7) is 0.0536. The summed E-state index contributed by atoms with van der Waals surface area (Å²) in [6, 6.07) is 8.98. The number of thioether (sulfide) groups is 1. The average molecular weight is 417 g/mol. The van der Waals surface area contributed by atoms with Gasteiger partial charge in [0.05, 0.1) is 22.7 Å². The second kappa shape index (κ2) is 8.83. The highest BCUT2D eigenvalue weighted by Crippen LogP contribution is 2.38. The molecule has 0 radical (unpaired) electrons. The molecule has 8 heteroatoms. The number of halogens is 2. The molecule has 3 rings (SSSR count). The topological polar surface area (TPSA) is 59.9 Å². The number of nitrogens with one attached hydrogen (secondary N) is 1. The van der Waals surface area contributed by atoms with Crippen LogP contribution in [0.4, 0.5) is 10.1 Å². The third kappa shape index (κ3) is 4.66. The summed E-state index contributed by atoms with van der Waals surface area (Å²) in [5.41, 5.74) is 1.18. The van der Waals surface area contributed by atoms with Gasteiger partial charge < -0.3 is 14.8 Å². The van der Waals surface area contributed by atoms with Gasteiger partial charge in [0.2, 0.25) is 0 Å². The highest BCUT2D eigenvalue weighted by Gasteiger charge is 2.24. The molecule has 0 atom stereocenters. The largest absolute Gasteiger partial charge is 0.493 e. The first-order chi connectivity index (χ1) is 13.5. The SMILES string of the molecule is C#CCOc1c(Cl)cc(/C=C2/SC(=Nc3ccc(F)cc3)NC2=O)cc1OC. The summed E-state index contributed by atoms with van der Waals surface area (Å²) >= 11 is 7.42. The molecule has 1 heterocycles. The summed E-state index contributed by atoms with van der Waals surface area (Å²) in [4.78, 5) is 16.9. The Balaban J connectivity index is 1.85. The van der Waals surface area contributed by atoms with E-state index in [-0.39, 0.29) is 18.3 Å². The van der Waals surface area contributed by atoms with Gasteiger partial charge in [-0.25, -0.2) is 9.38 Å². The van der Waals surface area contributed by atoms with Crippen LogP contribution in [0.2, 0.25) is 5.02 Å². The van der Waals surface area contributed by atoms with E-state index in [9.17, 15) is 9.18 Å². The molecule has 0 saturated carbocycles. The van der Waals surface area contributed by atoms with Crippen molar-refractivity contribution >= 4 is 46.2 Å². The van der Waals surface area contributed by atoms with Crippen LogP contribution in [0.15, 0.2) is 46.3 Å². The van der Waals surface area contributed by atoms with Crippen LogP contribution in [-0.4, -0.2) is 24.8 Å². The highest BCUT2D eigenvalue weighted by molar-refractivity contribution is 8.18. The Morgan fingerprint density at radius 2 is 2.11 bits per heavy atom. The number of hydrogen-bond donors (Lipinski definition) is 1. The van der Waals surface area contributed by atoms with Crippen molar-refractivity contribution < 1.29 is 18.7 Å². The van der Waals surface area contributed by atoms with Crippen molar-refractivity contribution in [3.8, 4) is 23.8 Å². The van der Waals surface area contributed by atoms with Gasteiger partial charge in [0.15, 0.2) is 16.7 Å². The second-order valence-electron chi connectivity index (χ2n) is 5.49. The van der Waals surface area contributed by atoms with E-state index in [4.69, 9.17) is 27.5 Å². The van der Waals surface area contributed by atoms with Crippen LogP contribution in [0.5, 0.6) is 11.5 Å². The Kier molecular flexibility index (Phi) is 6.24. The molecule has 1 aliphatic heterocycles. The first-order valence-electron chi connectivity index (χ1n) is 7.99. The number of carbonyl (C=O) groups is 1. The molecule has 28 heavy (non-hydrogen) atoms. The summed E-state index contributed by atoms with van der Waals surface area (Å²) in [7, 11) is 1.48. The first kappa shape index (κ1) is 19.8. The zero-order chi connectivity index (χ0) is 20.1. The monoisotopic (exact) mass is 416 g/mol. The number of hydrogen-bond acceptors (Lipinski definition) is 5. The summed E-state index contributed by atoms with van der Waals surface area (Å²) < 4.78 is 23.7. The van der Waals surface area contributed by atoms with Crippen LogP contribution in [0.25, 0.3) is 6.08 Å². The predicted octanol–water partition coefficient (Wildman–Crippen LogP) is 4.39. The van der Waals surface area contributed by atoms with E-state index in [2.05, 4.69) is 16.2 Å². The predicted molar refractivity (Wildman–Crippen MR) is 110 cm³/mol. The molecule has 1 amide bonds. The van der Waals surface area contributed by atoms with Crippen molar-refractivity contribution in [3.05, 3.63) is 57.7 Å².